The molecule has 0 rings (SSSR count). The molecule has 0 aliphatic heterocycles. The van der Waals surface area contributed by atoms with Crippen molar-refractivity contribution >= 4 is 17.9 Å². The molecule has 0 aliphatic carbocycles. The summed E-state index contributed by atoms with van der Waals surface area (Å²) < 4.78 is 16.7. The topological polar surface area (TPSA) is 78.9 Å². The molecule has 394 valence electrons. The maximum atomic E-state index is 12.7. The number of unbranched alkanes of at least 4 members (excludes halogenated alkanes) is 24. The summed E-state index contributed by atoms with van der Waals surface area (Å²) in [6.07, 6.45) is 75.7. The largest absolute Gasteiger partial charge is 0.462 e. The SMILES string of the molecule is CC/C=C\C/C=C\C/C=C\C/C=C\C/C=C\C/C=C\C/C=C\C/C=C\CCCCCCCCCCC(=O)OCC(COC(=O)CCCCCCCCCCC)OC(=O)CCCCCCCCCCC. The first-order valence-electron chi connectivity index (χ1n) is 28.7. The Bertz CT molecular complexity index is 1380. The molecule has 0 bridgehead atoms. The summed E-state index contributed by atoms with van der Waals surface area (Å²) in [5.74, 6) is -0.889. The molecule has 0 aromatic heterocycles. The molecule has 0 aromatic carbocycles. The van der Waals surface area contributed by atoms with E-state index < -0.39 is 6.10 Å². The van der Waals surface area contributed by atoms with Crippen LogP contribution in [0.15, 0.2) is 97.2 Å². The summed E-state index contributed by atoms with van der Waals surface area (Å²) in [7, 11) is 0. The standard InChI is InChI=1S/C63H106O6/c1-4-7-10-13-16-19-20-21-22-23-24-25-26-27-28-29-30-31-32-33-34-35-36-37-38-39-40-41-42-45-47-50-53-56-62(65)68-59-60(69-63(66)57-54-51-48-44-18-15-12-9-6-3)58-67-61(64)55-52-49-46-43-17-14-11-8-5-2/h7,10,16,19,21-22,24-25,27-28,30-31,33-34,36-37,60H,4-6,8-9,11-15,17-18,20,23,26,29,32,35,38-59H2,1-3H3/b10-7-,19-16-,22-21-,25-24-,28-27-,31-30-,34-33-,37-36-. The number of esters is 3. The van der Waals surface area contributed by atoms with Gasteiger partial charge in [-0.3, -0.25) is 14.4 Å². The van der Waals surface area contributed by atoms with E-state index in [4.69, 9.17) is 14.2 Å². The average molecular weight is 960 g/mol. The molecule has 0 N–H and O–H groups in total. The average Bonchev–Trinajstić information content (AvgIpc) is 3.35. The molecular formula is C63H106O6. The van der Waals surface area contributed by atoms with E-state index in [1.807, 2.05) is 0 Å². The minimum absolute atomic E-state index is 0.0764. The highest BCUT2D eigenvalue weighted by Gasteiger charge is 2.19. The van der Waals surface area contributed by atoms with Crippen molar-refractivity contribution in [1.29, 1.82) is 0 Å². The van der Waals surface area contributed by atoms with E-state index >= 15 is 0 Å². The van der Waals surface area contributed by atoms with Gasteiger partial charge in [-0.05, 0) is 83.5 Å². The molecule has 6 nitrogen and oxygen atoms in total. The zero-order valence-electron chi connectivity index (χ0n) is 45.0. The van der Waals surface area contributed by atoms with Crippen LogP contribution in [-0.4, -0.2) is 37.2 Å². The van der Waals surface area contributed by atoms with Crippen molar-refractivity contribution in [1.82, 2.24) is 0 Å². The van der Waals surface area contributed by atoms with Crippen molar-refractivity contribution < 1.29 is 28.6 Å². The first-order chi connectivity index (χ1) is 34.0. The van der Waals surface area contributed by atoms with Gasteiger partial charge >= 0.3 is 17.9 Å². The molecule has 6 heteroatoms. The molecule has 0 radical (unpaired) electrons. The van der Waals surface area contributed by atoms with Crippen molar-refractivity contribution in [2.75, 3.05) is 13.2 Å². The predicted molar refractivity (Wildman–Crippen MR) is 297 cm³/mol. The quantitative estimate of drug-likeness (QED) is 0.0262. The highest BCUT2D eigenvalue weighted by Crippen LogP contribution is 2.15. The Kier molecular flexibility index (Phi) is 53.9. The van der Waals surface area contributed by atoms with Crippen molar-refractivity contribution in [2.24, 2.45) is 0 Å². The number of carbonyl (C=O) groups is 3. The van der Waals surface area contributed by atoms with Crippen molar-refractivity contribution in [3.8, 4) is 0 Å². The molecule has 0 spiro atoms. The zero-order valence-corrected chi connectivity index (χ0v) is 45.0. The van der Waals surface area contributed by atoms with E-state index in [9.17, 15) is 14.4 Å². The predicted octanol–water partition coefficient (Wildman–Crippen LogP) is 19.3. The Morgan fingerprint density at radius 1 is 0.304 bits per heavy atom. The number of ether oxygens (including phenoxy) is 3. The van der Waals surface area contributed by atoms with Gasteiger partial charge in [0.25, 0.3) is 0 Å². The number of rotatable bonds is 51. The molecule has 0 aromatic rings. The third-order valence-corrected chi connectivity index (χ3v) is 12.1. The molecule has 0 fully saturated rings. The molecule has 0 aliphatic rings. The Labute approximate surface area is 426 Å². The van der Waals surface area contributed by atoms with E-state index in [1.165, 1.54) is 109 Å². The summed E-state index contributed by atoms with van der Waals surface area (Å²) in [5.41, 5.74) is 0. The van der Waals surface area contributed by atoms with Crippen molar-refractivity contribution in [3.63, 3.8) is 0 Å². The lowest BCUT2D eigenvalue weighted by Crippen LogP contribution is -2.30. The van der Waals surface area contributed by atoms with Crippen LogP contribution in [0.3, 0.4) is 0 Å². The van der Waals surface area contributed by atoms with Crippen LogP contribution in [0.4, 0.5) is 0 Å². The van der Waals surface area contributed by atoms with Gasteiger partial charge in [-0.15, -0.1) is 0 Å². The normalized spacial score (nSPS) is 12.8. The van der Waals surface area contributed by atoms with E-state index in [-0.39, 0.29) is 31.1 Å². The molecule has 69 heavy (non-hydrogen) atoms. The van der Waals surface area contributed by atoms with Gasteiger partial charge in [-0.25, -0.2) is 0 Å². The van der Waals surface area contributed by atoms with E-state index in [0.29, 0.717) is 19.3 Å². The van der Waals surface area contributed by atoms with Crippen LogP contribution in [0, 0.1) is 0 Å². The second-order valence-corrected chi connectivity index (χ2v) is 18.8. The summed E-state index contributed by atoms with van der Waals surface area (Å²) in [4.78, 5) is 37.8. The molecule has 0 saturated carbocycles. The van der Waals surface area contributed by atoms with E-state index in [2.05, 4.69) is 118 Å². The van der Waals surface area contributed by atoms with Crippen LogP contribution in [0.5, 0.6) is 0 Å². The lowest BCUT2D eigenvalue weighted by molar-refractivity contribution is -0.167. The van der Waals surface area contributed by atoms with E-state index in [1.54, 1.807) is 0 Å². The fourth-order valence-electron chi connectivity index (χ4n) is 7.81. The highest BCUT2D eigenvalue weighted by atomic mass is 16.6. The third kappa shape index (κ3) is 55.1. The Morgan fingerprint density at radius 2 is 0.565 bits per heavy atom. The molecular weight excluding hydrogens is 853 g/mol. The number of carbonyl (C=O) groups excluding carboxylic acids is 3. The summed E-state index contributed by atoms with van der Waals surface area (Å²) in [6, 6.07) is 0. The monoisotopic (exact) mass is 959 g/mol. The Balaban J connectivity index is 4.09. The number of allylic oxidation sites excluding steroid dienone is 16. The Morgan fingerprint density at radius 3 is 0.884 bits per heavy atom. The third-order valence-electron chi connectivity index (χ3n) is 12.1. The highest BCUT2D eigenvalue weighted by molar-refractivity contribution is 5.71. The fourth-order valence-corrected chi connectivity index (χ4v) is 7.81. The smallest absolute Gasteiger partial charge is 0.306 e. The fraction of sp³-hybridized carbons (Fsp3) is 0.698. The van der Waals surface area contributed by atoms with Crippen LogP contribution < -0.4 is 0 Å². The van der Waals surface area contributed by atoms with Crippen molar-refractivity contribution in [3.05, 3.63) is 97.2 Å². The maximum absolute atomic E-state index is 12.7. The molecule has 0 amide bonds. The van der Waals surface area contributed by atoms with Gasteiger partial charge in [0, 0.05) is 19.3 Å². The zero-order chi connectivity index (χ0) is 50.0. The van der Waals surface area contributed by atoms with Crippen LogP contribution in [0.2, 0.25) is 0 Å². The lowest BCUT2D eigenvalue weighted by atomic mass is 10.1. The molecule has 1 atom stereocenters. The van der Waals surface area contributed by atoms with Gasteiger partial charge in [0.15, 0.2) is 6.10 Å². The number of hydrogen-bond donors (Lipinski definition) is 0. The molecule has 1 unspecified atom stereocenters. The van der Waals surface area contributed by atoms with Crippen LogP contribution in [0.25, 0.3) is 0 Å². The minimum Gasteiger partial charge on any atom is -0.462 e. The van der Waals surface area contributed by atoms with Gasteiger partial charge in [0.2, 0.25) is 0 Å². The van der Waals surface area contributed by atoms with Crippen LogP contribution in [-0.2, 0) is 28.6 Å². The molecule has 0 heterocycles. The molecule has 0 saturated heterocycles. The van der Waals surface area contributed by atoms with Crippen LogP contribution >= 0.6 is 0 Å². The van der Waals surface area contributed by atoms with Gasteiger partial charge < -0.3 is 14.2 Å². The minimum atomic E-state index is -0.774. The van der Waals surface area contributed by atoms with E-state index in [0.717, 1.165) is 116 Å². The summed E-state index contributed by atoms with van der Waals surface area (Å²) >= 11 is 0. The van der Waals surface area contributed by atoms with Crippen LogP contribution in [0.1, 0.15) is 265 Å². The summed E-state index contributed by atoms with van der Waals surface area (Å²) in [6.45, 7) is 6.48. The lowest BCUT2D eigenvalue weighted by Gasteiger charge is -2.18. The first kappa shape index (κ1) is 65.3. The van der Waals surface area contributed by atoms with Gasteiger partial charge in [0.05, 0.1) is 0 Å². The first-order valence-corrected chi connectivity index (χ1v) is 28.7. The second-order valence-electron chi connectivity index (χ2n) is 18.8. The van der Waals surface area contributed by atoms with Gasteiger partial charge in [0.1, 0.15) is 13.2 Å². The summed E-state index contributed by atoms with van der Waals surface area (Å²) in [5, 5.41) is 0. The van der Waals surface area contributed by atoms with Gasteiger partial charge in [-0.1, -0.05) is 259 Å². The van der Waals surface area contributed by atoms with Gasteiger partial charge in [-0.2, -0.15) is 0 Å². The maximum Gasteiger partial charge on any atom is 0.306 e. The number of hydrogen-bond acceptors (Lipinski definition) is 6. The van der Waals surface area contributed by atoms with Crippen molar-refractivity contribution in [2.45, 2.75) is 271 Å². The Hall–Kier alpha value is -3.67. The second kappa shape index (κ2) is 56.9.